The van der Waals surface area contributed by atoms with E-state index in [1.165, 1.54) is 0 Å². The van der Waals surface area contributed by atoms with E-state index in [-0.39, 0.29) is 23.0 Å². The van der Waals surface area contributed by atoms with Gasteiger partial charge in [-0.15, -0.1) is 11.3 Å². The maximum atomic E-state index is 12.8. The first kappa shape index (κ1) is 18.6. The molecule has 0 aliphatic carbocycles. The Balaban J connectivity index is 2.11. The molecule has 1 aliphatic heterocycles. The lowest BCUT2D eigenvalue weighted by Crippen LogP contribution is -2.54. The smallest absolute Gasteiger partial charge is 0.243 e. The Kier molecular flexibility index (Phi) is 5.80. The topological polar surface area (TPSA) is 66.5 Å². The monoisotopic (exact) mass is 350 g/mol. The molecule has 24 heavy (non-hydrogen) atoms. The first-order valence-electron chi connectivity index (χ1n) is 8.39. The van der Waals surface area contributed by atoms with Crippen molar-refractivity contribution in [1.29, 1.82) is 0 Å². The first-order chi connectivity index (χ1) is 11.2. The summed E-state index contributed by atoms with van der Waals surface area (Å²) in [7, 11) is 0. The summed E-state index contributed by atoms with van der Waals surface area (Å²) in [6.07, 6.45) is 1.27. The van der Waals surface area contributed by atoms with Crippen molar-refractivity contribution >= 4 is 28.9 Å². The van der Waals surface area contributed by atoms with Crippen molar-refractivity contribution in [2.75, 3.05) is 0 Å². The van der Waals surface area contributed by atoms with Crippen molar-refractivity contribution in [3.05, 3.63) is 22.4 Å². The zero-order chi connectivity index (χ0) is 17.9. The molecule has 1 saturated heterocycles. The minimum absolute atomic E-state index is 0.00215. The summed E-state index contributed by atoms with van der Waals surface area (Å²) in [4.78, 5) is 39.8. The molecule has 1 fully saturated rings. The fourth-order valence-corrected chi connectivity index (χ4v) is 3.70. The van der Waals surface area contributed by atoms with Gasteiger partial charge in [-0.3, -0.25) is 14.4 Å². The molecular formula is C18H26N2O3S. The van der Waals surface area contributed by atoms with E-state index in [2.05, 4.69) is 5.32 Å². The first-order valence-corrected chi connectivity index (χ1v) is 9.27. The third kappa shape index (κ3) is 4.23. The van der Waals surface area contributed by atoms with Crippen LogP contribution >= 0.6 is 11.3 Å². The van der Waals surface area contributed by atoms with Gasteiger partial charge in [0.05, 0.1) is 12.6 Å². The summed E-state index contributed by atoms with van der Waals surface area (Å²) in [5.74, 6) is -0.207. The number of thiophene rings is 1. The maximum absolute atomic E-state index is 12.8. The van der Waals surface area contributed by atoms with Crippen molar-refractivity contribution in [3.63, 3.8) is 0 Å². The molecule has 5 nitrogen and oxygen atoms in total. The molecule has 2 amide bonds. The molecule has 2 atom stereocenters. The molecule has 0 saturated carbocycles. The molecule has 1 aliphatic rings. The molecule has 132 valence electrons. The number of hydrogen-bond acceptors (Lipinski definition) is 4. The molecule has 1 aromatic heterocycles. The number of carbonyl (C=O) groups excluding carboxylic acids is 3. The van der Waals surface area contributed by atoms with Crippen LogP contribution < -0.4 is 5.32 Å². The molecule has 2 unspecified atom stereocenters. The van der Waals surface area contributed by atoms with Crippen LogP contribution in [0.5, 0.6) is 0 Å². The second-order valence-electron chi connectivity index (χ2n) is 7.28. The molecule has 1 N–H and O–H groups in total. The van der Waals surface area contributed by atoms with E-state index >= 15 is 0 Å². The zero-order valence-corrected chi connectivity index (χ0v) is 15.6. The van der Waals surface area contributed by atoms with Crippen molar-refractivity contribution in [2.24, 2.45) is 5.41 Å². The minimum atomic E-state index is -0.533. The van der Waals surface area contributed by atoms with E-state index in [1.54, 1.807) is 23.2 Å². The lowest BCUT2D eigenvalue weighted by molar-refractivity contribution is -0.137. The Morgan fingerprint density at radius 1 is 1.42 bits per heavy atom. The molecule has 6 heteroatoms. The van der Waals surface area contributed by atoms with E-state index in [4.69, 9.17) is 0 Å². The highest BCUT2D eigenvalue weighted by atomic mass is 32.1. The number of carbonyl (C=O) groups is 3. The van der Waals surface area contributed by atoms with Gasteiger partial charge < -0.3 is 10.2 Å². The third-order valence-electron chi connectivity index (χ3n) is 4.36. The zero-order valence-electron chi connectivity index (χ0n) is 14.8. The SMILES string of the molecule is CCC(=O)C(NC(=O)C1CCC(=O)N1Cc1cccs1)C(C)(C)C. The molecule has 1 aromatic rings. The van der Waals surface area contributed by atoms with Gasteiger partial charge in [0.25, 0.3) is 0 Å². The van der Waals surface area contributed by atoms with Crippen LogP contribution in [-0.2, 0) is 20.9 Å². The van der Waals surface area contributed by atoms with E-state index in [0.29, 0.717) is 25.8 Å². The van der Waals surface area contributed by atoms with Gasteiger partial charge in [0, 0.05) is 17.7 Å². The molecule has 0 spiro atoms. The van der Waals surface area contributed by atoms with E-state index in [9.17, 15) is 14.4 Å². The summed E-state index contributed by atoms with van der Waals surface area (Å²) in [5.41, 5.74) is -0.357. The maximum Gasteiger partial charge on any atom is 0.243 e. The number of likely N-dealkylation sites (tertiary alicyclic amines) is 1. The highest BCUT2D eigenvalue weighted by Crippen LogP contribution is 2.25. The van der Waals surface area contributed by atoms with E-state index in [1.807, 2.05) is 38.3 Å². The van der Waals surface area contributed by atoms with Crippen LogP contribution in [0.4, 0.5) is 0 Å². The fourth-order valence-electron chi connectivity index (χ4n) is 3.00. The van der Waals surface area contributed by atoms with Crippen LogP contribution in [0, 0.1) is 5.41 Å². The Morgan fingerprint density at radius 3 is 2.67 bits per heavy atom. The minimum Gasteiger partial charge on any atom is -0.344 e. The summed E-state index contributed by atoms with van der Waals surface area (Å²) < 4.78 is 0. The Morgan fingerprint density at radius 2 is 2.12 bits per heavy atom. The number of nitrogens with zero attached hydrogens (tertiary/aromatic N) is 1. The van der Waals surface area contributed by atoms with E-state index < -0.39 is 12.1 Å². The second-order valence-corrected chi connectivity index (χ2v) is 8.32. The average Bonchev–Trinajstić information content (AvgIpc) is 3.14. The lowest BCUT2D eigenvalue weighted by Gasteiger charge is -2.32. The Hall–Kier alpha value is -1.69. The molecule has 0 bridgehead atoms. The van der Waals surface area contributed by atoms with Gasteiger partial charge in [0.15, 0.2) is 5.78 Å². The van der Waals surface area contributed by atoms with Gasteiger partial charge in [-0.2, -0.15) is 0 Å². The number of rotatable bonds is 6. The second kappa shape index (κ2) is 7.47. The quantitative estimate of drug-likeness (QED) is 0.858. The molecule has 2 heterocycles. The average molecular weight is 350 g/mol. The standard InChI is InChI=1S/C18H26N2O3S/c1-5-14(21)16(18(2,3)4)19-17(23)13-8-9-15(22)20(13)11-12-7-6-10-24-12/h6-7,10,13,16H,5,8-9,11H2,1-4H3,(H,19,23). The number of amides is 2. The summed E-state index contributed by atoms with van der Waals surface area (Å²) in [5, 5.41) is 4.86. The number of hydrogen-bond donors (Lipinski definition) is 1. The van der Waals surface area contributed by atoms with Crippen LogP contribution in [0.3, 0.4) is 0 Å². The summed E-state index contributed by atoms with van der Waals surface area (Å²) >= 11 is 1.57. The Bertz CT molecular complexity index is 604. The largest absolute Gasteiger partial charge is 0.344 e. The van der Waals surface area contributed by atoms with Crippen LogP contribution in [0.15, 0.2) is 17.5 Å². The summed E-state index contributed by atoms with van der Waals surface area (Å²) in [6.45, 7) is 8.07. The predicted molar refractivity (Wildman–Crippen MR) is 94.6 cm³/mol. The van der Waals surface area contributed by atoms with Crippen LogP contribution in [-0.4, -0.2) is 34.6 Å². The highest BCUT2D eigenvalue weighted by molar-refractivity contribution is 7.09. The third-order valence-corrected chi connectivity index (χ3v) is 5.22. The molecular weight excluding hydrogens is 324 g/mol. The van der Waals surface area contributed by atoms with Crippen LogP contribution in [0.1, 0.15) is 51.8 Å². The number of ketones is 1. The fraction of sp³-hybridized carbons (Fsp3) is 0.611. The van der Waals surface area contributed by atoms with Crippen molar-refractivity contribution in [1.82, 2.24) is 10.2 Å². The Labute approximate surface area is 147 Å². The number of Topliss-reactive ketones (excluding diaryl/α,β-unsaturated/α-hetero) is 1. The number of nitrogens with one attached hydrogen (secondary N) is 1. The molecule has 0 radical (unpaired) electrons. The van der Waals surface area contributed by atoms with Crippen molar-refractivity contribution < 1.29 is 14.4 Å². The van der Waals surface area contributed by atoms with Crippen LogP contribution in [0.25, 0.3) is 0 Å². The predicted octanol–water partition coefficient (Wildman–Crippen LogP) is 2.75. The van der Waals surface area contributed by atoms with Gasteiger partial charge >= 0.3 is 0 Å². The van der Waals surface area contributed by atoms with Gasteiger partial charge in [-0.1, -0.05) is 33.8 Å². The van der Waals surface area contributed by atoms with Gasteiger partial charge in [-0.05, 0) is 23.3 Å². The summed E-state index contributed by atoms with van der Waals surface area (Å²) in [6, 6.07) is 2.87. The van der Waals surface area contributed by atoms with E-state index in [0.717, 1.165) is 4.88 Å². The van der Waals surface area contributed by atoms with Crippen molar-refractivity contribution in [2.45, 2.75) is 65.6 Å². The molecule has 0 aromatic carbocycles. The lowest BCUT2D eigenvalue weighted by atomic mass is 9.83. The highest BCUT2D eigenvalue weighted by Gasteiger charge is 2.39. The van der Waals surface area contributed by atoms with Crippen LogP contribution in [0.2, 0.25) is 0 Å². The van der Waals surface area contributed by atoms with Gasteiger partial charge in [0.1, 0.15) is 6.04 Å². The van der Waals surface area contributed by atoms with Crippen molar-refractivity contribution in [3.8, 4) is 0 Å². The van der Waals surface area contributed by atoms with Gasteiger partial charge in [0.2, 0.25) is 11.8 Å². The molecule has 2 rings (SSSR count). The normalized spacial score (nSPS) is 19.4. The van der Waals surface area contributed by atoms with Gasteiger partial charge in [-0.25, -0.2) is 0 Å².